The number of benzene rings is 2. The van der Waals surface area contributed by atoms with Crippen LogP contribution in [0, 0.1) is 18.3 Å². The van der Waals surface area contributed by atoms with Crippen LogP contribution in [0.25, 0.3) is 0 Å². The first kappa shape index (κ1) is 17.1. The van der Waals surface area contributed by atoms with Gasteiger partial charge in [0.05, 0.1) is 7.11 Å². The first-order valence-electron chi connectivity index (χ1n) is 7.47. The number of amides is 1. The zero-order chi connectivity index (χ0) is 17.4. The normalized spacial score (nSPS) is 10.6. The van der Waals surface area contributed by atoms with Crippen molar-refractivity contribution in [2.24, 2.45) is 0 Å². The predicted molar refractivity (Wildman–Crippen MR) is 93.3 cm³/mol. The fourth-order valence-corrected chi connectivity index (χ4v) is 2.12. The van der Waals surface area contributed by atoms with Gasteiger partial charge in [0.1, 0.15) is 17.4 Å². The maximum atomic E-state index is 12.1. The van der Waals surface area contributed by atoms with E-state index in [4.69, 9.17) is 10.00 Å². The van der Waals surface area contributed by atoms with Crippen molar-refractivity contribution in [3.05, 3.63) is 71.4 Å². The molecule has 0 radical (unpaired) electrons. The van der Waals surface area contributed by atoms with E-state index in [-0.39, 0.29) is 5.57 Å². The molecule has 0 bridgehead atoms. The van der Waals surface area contributed by atoms with Crippen LogP contribution in [0.3, 0.4) is 0 Å². The van der Waals surface area contributed by atoms with E-state index in [0.29, 0.717) is 12.2 Å². The van der Waals surface area contributed by atoms with Crippen LogP contribution in [0.2, 0.25) is 0 Å². The zero-order valence-corrected chi connectivity index (χ0v) is 13.7. The van der Waals surface area contributed by atoms with Gasteiger partial charge in [-0.15, -0.1) is 0 Å². The summed E-state index contributed by atoms with van der Waals surface area (Å²) in [6.45, 7) is 2.42. The van der Waals surface area contributed by atoms with Crippen LogP contribution in [0.5, 0.6) is 5.75 Å². The van der Waals surface area contributed by atoms with Gasteiger partial charge in [-0.2, -0.15) is 5.26 Å². The summed E-state index contributed by atoms with van der Waals surface area (Å²) >= 11 is 0. The highest BCUT2D eigenvalue weighted by atomic mass is 16.5. The molecule has 5 heteroatoms. The Balaban J connectivity index is 1.98. The van der Waals surface area contributed by atoms with Gasteiger partial charge in [0.15, 0.2) is 0 Å². The molecule has 2 aromatic rings. The topological polar surface area (TPSA) is 74.1 Å². The molecule has 0 saturated heterocycles. The number of carbonyl (C=O) groups is 1. The molecule has 2 rings (SSSR count). The maximum absolute atomic E-state index is 12.1. The minimum atomic E-state index is -0.443. The molecule has 0 atom stereocenters. The van der Waals surface area contributed by atoms with Gasteiger partial charge in [0, 0.05) is 18.4 Å². The second-order valence-electron chi connectivity index (χ2n) is 5.23. The Hall–Kier alpha value is -3.26. The van der Waals surface area contributed by atoms with E-state index in [1.54, 1.807) is 13.2 Å². The van der Waals surface area contributed by atoms with Crippen LogP contribution < -0.4 is 15.4 Å². The molecular weight excluding hydrogens is 302 g/mol. The van der Waals surface area contributed by atoms with Crippen molar-refractivity contribution in [2.75, 3.05) is 12.4 Å². The van der Waals surface area contributed by atoms with Crippen LogP contribution >= 0.6 is 0 Å². The average Bonchev–Trinajstić information content (AvgIpc) is 2.59. The van der Waals surface area contributed by atoms with E-state index in [2.05, 4.69) is 10.6 Å². The monoisotopic (exact) mass is 321 g/mol. The largest absolute Gasteiger partial charge is 0.497 e. The van der Waals surface area contributed by atoms with E-state index < -0.39 is 5.91 Å². The average molecular weight is 321 g/mol. The third kappa shape index (κ3) is 4.89. The fraction of sp³-hybridized carbons (Fsp3) is 0.158. The Kier molecular flexibility index (Phi) is 5.98. The third-order valence-electron chi connectivity index (χ3n) is 3.33. The number of hydrogen-bond acceptors (Lipinski definition) is 4. The first-order chi connectivity index (χ1) is 11.6. The van der Waals surface area contributed by atoms with Crippen molar-refractivity contribution < 1.29 is 9.53 Å². The number of rotatable bonds is 6. The van der Waals surface area contributed by atoms with Crippen molar-refractivity contribution in [2.45, 2.75) is 13.5 Å². The molecule has 122 valence electrons. The Bertz CT molecular complexity index is 791. The minimum absolute atomic E-state index is 0.0133. The molecule has 0 aliphatic rings. The van der Waals surface area contributed by atoms with Crippen molar-refractivity contribution in [1.29, 1.82) is 5.26 Å². The second kappa shape index (κ2) is 8.39. The molecule has 5 nitrogen and oxygen atoms in total. The van der Waals surface area contributed by atoms with E-state index in [1.807, 2.05) is 55.5 Å². The van der Waals surface area contributed by atoms with Gasteiger partial charge in [0.25, 0.3) is 5.91 Å². The van der Waals surface area contributed by atoms with Crippen molar-refractivity contribution in [3.63, 3.8) is 0 Å². The summed E-state index contributed by atoms with van der Waals surface area (Å²) in [7, 11) is 1.61. The predicted octanol–water partition coefficient (Wildman–Crippen LogP) is 3.14. The molecule has 2 N–H and O–H groups in total. The van der Waals surface area contributed by atoms with Crippen molar-refractivity contribution in [3.8, 4) is 11.8 Å². The number of carbonyl (C=O) groups excluding carboxylic acids is 1. The SMILES string of the molecule is COc1cccc(CN/C=C(/C#N)C(=O)Nc2cccc(C)c2)c1. The molecule has 0 aliphatic heterocycles. The Morgan fingerprint density at radius 1 is 1.25 bits per heavy atom. The molecule has 0 spiro atoms. The Morgan fingerprint density at radius 3 is 2.75 bits per heavy atom. The van der Waals surface area contributed by atoms with Gasteiger partial charge in [0.2, 0.25) is 0 Å². The van der Waals surface area contributed by atoms with Gasteiger partial charge in [-0.1, -0.05) is 24.3 Å². The lowest BCUT2D eigenvalue weighted by Gasteiger charge is -2.07. The van der Waals surface area contributed by atoms with Gasteiger partial charge < -0.3 is 15.4 Å². The molecule has 0 fully saturated rings. The summed E-state index contributed by atoms with van der Waals surface area (Å²) in [5, 5.41) is 14.9. The molecule has 0 unspecified atom stereocenters. The molecule has 1 amide bonds. The van der Waals surface area contributed by atoms with Gasteiger partial charge in [-0.05, 0) is 42.3 Å². The highest BCUT2D eigenvalue weighted by molar-refractivity contribution is 6.06. The number of ether oxygens (including phenoxy) is 1. The van der Waals surface area contributed by atoms with Gasteiger partial charge in [-0.25, -0.2) is 0 Å². The van der Waals surface area contributed by atoms with Crippen LogP contribution in [0.1, 0.15) is 11.1 Å². The fourth-order valence-electron chi connectivity index (χ4n) is 2.12. The van der Waals surface area contributed by atoms with Crippen LogP contribution in [-0.2, 0) is 11.3 Å². The van der Waals surface area contributed by atoms with E-state index in [9.17, 15) is 4.79 Å². The van der Waals surface area contributed by atoms with Crippen molar-refractivity contribution in [1.82, 2.24) is 5.32 Å². The number of methoxy groups -OCH3 is 1. The first-order valence-corrected chi connectivity index (χ1v) is 7.47. The van der Waals surface area contributed by atoms with Crippen LogP contribution in [0.15, 0.2) is 60.3 Å². The van der Waals surface area contributed by atoms with E-state index in [1.165, 1.54) is 6.20 Å². The molecular formula is C19H19N3O2. The minimum Gasteiger partial charge on any atom is -0.497 e. The smallest absolute Gasteiger partial charge is 0.267 e. The number of hydrogen-bond donors (Lipinski definition) is 2. The number of anilines is 1. The van der Waals surface area contributed by atoms with Crippen molar-refractivity contribution >= 4 is 11.6 Å². The maximum Gasteiger partial charge on any atom is 0.267 e. The van der Waals surface area contributed by atoms with E-state index >= 15 is 0 Å². The Morgan fingerprint density at radius 2 is 2.04 bits per heavy atom. The summed E-state index contributed by atoms with van der Waals surface area (Å²) in [6.07, 6.45) is 1.42. The summed E-state index contributed by atoms with van der Waals surface area (Å²) in [5.74, 6) is 0.317. The summed E-state index contributed by atoms with van der Waals surface area (Å²) in [4.78, 5) is 12.1. The summed E-state index contributed by atoms with van der Waals surface area (Å²) in [6, 6.07) is 16.9. The number of nitrogens with zero attached hydrogens (tertiary/aromatic N) is 1. The molecule has 2 aromatic carbocycles. The third-order valence-corrected chi connectivity index (χ3v) is 3.33. The summed E-state index contributed by atoms with van der Waals surface area (Å²) < 4.78 is 5.16. The molecule has 0 heterocycles. The standard InChI is InChI=1S/C19H19N3O2/c1-14-5-3-7-17(9-14)22-19(23)16(11-20)13-21-12-15-6-4-8-18(10-15)24-2/h3-10,13,21H,12H2,1-2H3,(H,22,23)/b16-13-. The second-order valence-corrected chi connectivity index (χ2v) is 5.23. The molecule has 0 aliphatic carbocycles. The number of aryl methyl sites for hydroxylation is 1. The lowest BCUT2D eigenvalue weighted by molar-refractivity contribution is -0.112. The van der Waals surface area contributed by atoms with Gasteiger partial charge >= 0.3 is 0 Å². The highest BCUT2D eigenvalue weighted by Crippen LogP contribution is 2.13. The zero-order valence-electron chi connectivity index (χ0n) is 13.7. The molecule has 0 saturated carbocycles. The van der Waals surface area contributed by atoms with Gasteiger partial charge in [-0.3, -0.25) is 4.79 Å². The lowest BCUT2D eigenvalue weighted by atomic mass is 10.2. The summed E-state index contributed by atoms with van der Waals surface area (Å²) in [5.41, 5.74) is 2.70. The number of nitriles is 1. The quantitative estimate of drug-likeness (QED) is 0.633. The number of nitrogens with one attached hydrogen (secondary N) is 2. The Labute approximate surface area is 141 Å². The van der Waals surface area contributed by atoms with Crippen LogP contribution in [0.4, 0.5) is 5.69 Å². The van der Waals surface area contributed by atoms with Crippen LogP contribution in [-0.4, -0.2) is 13.0 Å². The molecule has 0 aromatic heterocycles. The molecule has 24 heavy (non-hydrogen) atoms. The highest BCUT2D eigenvalue weighted by Gasteiger charge is 2.09. The van der Waals surface area contributed by atoms with E-state index in [0.717, 1.165) is 16.9 Å². The lowest BCUT2D eigenvalue weighted by Crippen LogP contribution is -2.16.